The van der Waals surface area contributed by atoms with Crippen LogP contribution in [0.4, 0.5) is 5.88 Å². The number of aromatic nitrogens is 3. The fourth-order valence-electron chi connectivity index (χ4n) is 1.62. The van der Waals surface area contributed by atoms with Gasteiger partial charge in [0.15, 0.2) is 0 Å². The first-order valence-corrected chi connectivity index (χ1v) is 4.67. The SMILES string of the molecule is Nc1cc(-c2ccc3[nH]c(=O)[nH]c3c2)no1. The minimum atomic E-state index is -0.230. The highest BCUT2D eigenvalue weighted by molar-refractivity contribution is 5.80. The molecule has 0 bridgehead atoms. The molecule has 6 heteroatoms. The Labute approximate surface area is 89.1 Å². The van der Waals surface area contributed by atoms with Crippen LogP contribution in [0.5, 0.6) is 0 Å². The lowest BCUT2D eigenvalue weighted by molar-refractivity contribution is 0.439. The Bertz CT molecular complexity index is 707. The van der Waals surface area contributed by atoms with Crippen molar-refractivity contribution in [2.24, 2.45) is 0 Å². The summed E-state index contributed by atoms with van der Waals surface area (Å²) in [6, 6.07) is 7.08. The molecule has 2 aromatic heterocycles. The van der Waals surface area contributed by atoms with Crippen LogP contribution in [0.15, 0.2) is 33.6 Å². The van der Waals surface area contributed by atoms with E-state index in [9.17, 15) is 4.79 Å². The Morgan fingerprint density at radius 3 is 2.75 bits per heavy atom. The van der Waals surface area contributed by atoms with Crippen molar-refractivity contribution in [3.05, 3.63) is 34.7 Å². The molecule has 0 radical (unpaired) electrons. The Balaban J connectivity index is 2.21. The Morgan fingerprint density at radius 2 is 2.00 bits per heavy atom. The molecule has 0 spiro atoms. The molecule has 0 fully saturated rings. The molecule has 1 aromatic carbocycles. The number of nitrogens with two attached hydrogens (primary N) is 1. The van der Waals surface area contributed by atoms with Crippen molar-refractivity contribution in [1.29, 1.82) is 0 Å². The third kappa shape index (κ3) is 1.28. The van der Waals surface area contributed by atoms with Crippen LogP contribution < -0.4 is 11.4 Å². The summed E-state index contributed by atoms with van der Waals surface area (Å²) >= 11 is 0. The zero-order chi connectivity index (χ0) is 11.1. The first-order chi connectivity index (χ1) is 7.72. The minimum Gasteiger partial charge on any atom is -0.368 e. The molecule has 0 unspecified atom stereocenters. The summed E-state index contributed by atoms with van der Waals surface area (Å²) in [7, 11) is 0. The summed E-state index contributed by atoms with van der Waals surface area (Å²) < 4.78 is 4.78. The zero-order valence-electron chi connectivity index (χ0n) is 8.15. The van der Waals surface area contributed by atoms with E-state index in [4.69, 9.17) is 10.3 Å². The highest BCUT2D eigenvalue weighted by atomic mass is 16.5. The molecule has 0 amide bonds. The largest absolute Gasteiger partial charge is 0.368 e. The van der Waals surface area contributed by atoms with Gasteiger partial charge in [-0.15, -0.1) is 0 Å². The fraction of sp³-hybridized carbons (Fsp3) is 0. The maximum Gasteiger partial charge on any atom is 0.323 e. The average Bonchev–Trinajstić information content (AvgIpc) is 2.81. The number of H-pyrrole nitrogens is 2. The first-order valence-electron chi connectivity index (χ1n) is 4.67. The zero-order valence-corrected chi connectivity index (χ0v) is 8.15. The first kappa shape index (κ1) is 8.78. The molecule has 2 heterocycles. The summed E-state index contributed by atoms with van der Waals surface area (Å²) in [6.07, 6.45) is 0. The molecule has 0 saturated carbocycles. The summed E-state index contributed by atoms with van der Waals surface area (Å²) in [5.74, 6) is 0.262. The number of nitrogens with one attached hydrogen (secondary N) is 2. The number of benzene rings is 1. The summed E-state index contributed by atoms with van der Waals surface area (Å²) in [4.78, 5) is 16.4. The van der Waals surface area contributed by atoms with Crippen molar-refractivity contribution in [2.75, 3.05) is 5.73 Å². The lowest BCUT2D eigenvalue weighted by Crippen LogP contribution is -1.99. The molecule has 0 saturated heterocycles. The third-order valence-electron chi connectivity index (χ3n) is 2.34. The van der Waals surface area contributed by atoms with Gasteiger partial charge in [-0.2, -0.15) is 0 Å². The van der Waals surface area contributed by atoms with Crippen LogP contribution in [-0.2, 0) is 0 Å². The van der Waals surface area contributed by atoms with Gasteiger partial charge in [0.25, 0.3) is 0 Å². The molecule has 0 atom stereocenters. The van der Waals surface area contributed by atoms with Crippen molar-refractivity contribution in [1.82, 2.24) is 15.1 Å². The van der Waals surface area contributed by atoms with E-state index in [0.717, 1.165) is 16.6 Å². The minimum absolute atomic E-state index is 0.230. The van der Waals surface area contributed by atoms with Crippen molar-refractivity contribution < 1.29 is 4.52 Å². The van der Waals surface area contributed by atoms with E-state index < -0.39 is 0 Å². The van der Waals surface area contributed by atoms with Gasteiger partial charge in [0, 0.05) is 11.6 Å². The molecule has 3 aromatic rings. The molecule has 0 aliphatic carbocycles. The summed E-state index contributed by atoms with van der Waals surface area (Å²) in [6.45, 7) is 0. The van der Waals surface area contributed by atoms with Gasteiger partial charge in [0.1, 0.15) is 5.69 Å². The van der Waals surface area contributed by atoms with E-state index in [0.29, 0.717) is 5.69 Å². The number of anilines is 1. The number of rotatable bonds is 1. The van der Waals surface area contributed by atoms with Gasteiger partial charge in [-0.3, -0.25) is 0 Å². The van der Waals surface area contributed by atoms with Crippen LogP contribution in [-0.4, -0.2) is 15.1 Å². The number of aromatic amines is 2. The number of imidazole rings is 1. The van der Waals surface area contributed by atoms with Crippen LogP contribution in [0.1, 0.15) is 0 Å². The van der Waals surface area contributed by atoms with E-state index in [2.05, 4.69) is 15.1 Å². The number of hydrogen-bond acceptors (Lipinski definition) is 4. The molecule has 0 aliphatic heterocycles. The Hall–Kier alpha value is -2.50. The smallest absolute Gasteiger partial charge is 0.323 e. The molecule has 3 rings (SSSR count). The monoisotopic (exact) mass is 216 g/mol. The number of nitrogen functional groups attached to an aromatic ring is 1. The van der Waals surface area contributed by atoms with Crippen molar-refractivity contribution in [3.8, 4) is 11.3 Å². The maximum absolute atomic E-state index is 11.1. The van der Waals surface area contributed by atoms with Gasteiger partial charge in [0.05, 0.1) is 11.0 Å². The van der Waals surface area contributed by atoms with Crippen LogP contribution in [0.2, 0.25) is 0 Å². The van der Waals surface area contributed by atoms with Crippen molar-refractivity contribution in [3.63, 3.8) is 0 Å². The maximum atomic E-state index is 11.1. The Morgan fingerprint density at radius 1 is 1.19 bits per heavy atom. The second-order valence-electron chi connectivity index (χ2n) is 3.45. The summed E-state index contributed by atoms with van der Waals surface area (Å²) in [5, 5.41) is 3.80. The Kier molecular flexibility index (Phi) is 1.64. The van der Waals surface area contributed by atoms with E-state index in [1.54, 1.807) is 12.1 Å². The standard InChI is InChI=1S/C10H8N4O2/c11-9-4-7(14-16-9)5-1-2-6-8(3-5)13-10(15)12-6/h1-4H,11H2,(H2,12,13,15). The number of nitrogens with zero attached hydrogens (tertiary/aromatic N) is 1. The quantitative estimate of drug-likeness (QED) is 0.566. The van der Waals surface area contributed by atoms with Crippen LogP contribution in [0, 0.1) is 0 Å². The van der Waals surface area contributed by atoms with Gasteiger partial charge in [-0.1, -0.05) is 11.2 Å². The second-order valence-corrected chi connectivity index (χ2v) is 3.45. The van der Waals surface area contributed by atoms with Crippen LogP contribution >= 0.6 is 0 Å². The molecule has 80 valence electrons. The van der Waals surface area contributed by atoms with Crippen LogP contribution in [0.3, 0.4) is 0 Å². The van der Waals surface area contributed by atoms with Crippen molar-refractivity contribution >= 4 is 16.9 Å². The van der Waals surface area contributed by atoms with E-state index in [1.165, 1.54) is 0 Å². The average molecular weight is 216 g/mol. The number of hydrogen-bond donors (Lipinski definition) is 3. The lowest BCUT2D eigenvalue weighted by atomic mass is 10.1. The predicted octanol–water partition coefficient (Wildman–Crippen LogP) is 1.09. The van der Waals surface area contributed by atoms with Gasteiger partial charge in [-0.05, 0) is 12.1 Å². The highest BCUT2D eigenvalue weighted by Gasteiger charge is 2.06. The van der Waals surface area contributed by atoms with Gasteiger partial charge >= 0.3 is 5.69 Å². The lowest BCUT2D eigenvalue weighted by Gasteiger charge is -1.94. The third-order valence-corrected chi connectivity index (χ3v) is 2.34. The van der Waals surface area contributed by atoms with Gasteiger partial charge in [-0.25, -0.2) is 4.79 Å². The molecular weight excluding hydrogens is 208 g/mol. The topological polar surface area (TPSA) is 101 Å². The van der Waals surface area contributed by atoms with E-state index in [-0.39, 0.29) is 11.6 Å². The summed E-state index contributed by atoms with van der Waals surface area (Å²) in [5.41, 5.74) is 8.17. The van der Waals surface area contributed by atoms with E-state index >= 15 is 0 Å². The van der Waals surface area contributed by atoms with Crippen LogP contribution in [0.25, 0.3) is 22.3 Å². The molecule has 6 nitrogen and oxygen atoms in total. The fourth-order valence-corrected chi connectivity index (χ4v) is 1.62. The molecule has 4 N–H and O–H groups in total. The van der Waals surface area contributed by atoms with Gasteiger partial charge < -0.3 is 20.2 Å². The van der Waals surface area contributed by atoms with Crippen molar-refractivity contribution in [2.45, 2.75) is 0 Å². The normalized spacial score (nSPS) is 11.0. The molecule has 16 heavy (non-hydrogen) atoms. The molecule has 0 aliphatic rings. The van der Waals surface area contributed by atoms with Gasteiger partial charge in [0.2, 0.25) is 5.88 Å². The molecular formula is C10H8N4O2. The number of fused-ring (bicyclic) bond motifs is 1. The highest BCUT2D eigenvalue weighted by Crippen LogP contribution is 2.22. The second kappa shape index (κ2) is 2.99. The predicted molar refractivity (Wildman–Crippen MR) is 58.8 cm³/mol. The van der Waals surface area contributed by atoms with E-state index in [1.807, 2.05) is 12.1 Å².